The van der Waals surface area contributed by atoms with E-state index in [9.17, 15) is 39.6 Å². The summed E-state index contributed by atoms with van der Waals surface area (Å²) in [5, 5.41) is 49.5. The smallest absolute Gasteiger partial charge is 0.307 e. The monoisotopic (exact) mass is 954 g/mol. The number of phenols is 1. The van der Waals surface area contributed by atoms with Gasteiger partial charge in [0, 0.05) is 90.7 Å². The molecule has 3 aliphatic rings. The number of benzene rings is 3. The van der Waals surface area contributed by atoms with Crippen molar-refractivity contribution in [2.45, 2.75) is 111 Å². The molecule has 1 fully saturated rings. The van der Waals surface area contributed by atoms with Crippen LogP contribution in [0, 0.1) is 30.6 Å². The third-order valence-electron chi connectivity index (χ3n) is 14.9. The van der Waals surface area contributed by atoms with Gasteiger partial charge in [-0.3, -0.25) is 19.2 Å². The highest BCUT2D eigenvalue weighted by Gasteiger charge is 2.44. The Balaban J connectivity index is 1.46. The summed E-state index contributed by atoms with van der Waals surface area (Å²) < 4.78 is 31.0. The average molecular weight is 955 g/mol. The number of allylic oxidation sites excluding steroid dienone is 2. The summed E-state index contributed by atoms with van der Waals surface area (Å²) in [6, 6.07) is 3.16. The summed E-state index contributed by atoms with van der Waals surface area (Å²) in [5.41, 5.74) is -1.36. The molecular weight excluding hydrogens is 889 g/mol. The van der Waals surface area contributed by atoms with Crippen LogP contribution in [0.2, 0.25) is 0 Å². The summed E-state index contributed by atoms with van der Waals surface area (Å²) in [7, 11) is 5.57. The molecule has 0 radical (unpaired) electrons. The number of aromatic nitrogens is 1. The largest absolute Gasteiger partial charge is 0.507 e. The number of nitrogens with one attached hydrogen (secondary N) is 1. The maximum Gasteiger partial charge on any atom is 0.307 e. The number of hydrogen-bond acceptors (Lipinski definition) is 16. The van der Waals surface area contributed by atoms with Gasteiger partial charge < -0.3 is 58.9 Å². The number of anilines is 2. The Morgan fingerprint density at radius 1 is 0.957 bits per heavy atom. The molecule has 5 N–H and O–H groups in total. The number of phenolic OH excluding ortho intramolecular Hbond substituents is 1. The predicted octanol–water partition coefficient (Wildman–Crippen LogP) is 5.52. The number of carbonyl (C=O) groups excluding carboxylic acids is 2. The second kappa shape index (κ2) is 19.5. The molecule has 372 valence electrons. The zero-order valence-corrected chi connectivity index (χ0v) is 41.5. The van der Waals surface area contributed by atoms with Crippen LogP contribution in [0.3, 0.4) is 0 Å². The van der Waals surface area contributed by atoms with Crippen LogP contribution < -0.4 is 31.0 Å². The van der Waals surface area contributed by atoms with Crippen LogP contribution in [0.15, 0.2) is 62.3 Å². The van der Waals surface area contributed by atoms with E-state index in [0.29, 0.717) is 18.8 Å². The van der Waals surface area contributed by atoms with Gasteiger partial charge in [-0.15, -0.1) is 0 Å². The van der Waals surface area contributed by atoms with E-state index in [1.807, 2.05) is 21.0 Å². The third kappa shape index (κ3) is 9.34. The van der Waals surface area contributed by atoms with Crippen molar-refractivity contribution in [3.8, 4) is 11.5 Å². The van der Waals surface area contributed by atoms with Gasteiger partial charge in [0.25, 0.3) is 5.91 Å². The topological polar surface area (TPSA) is 231 Å². The first-order valence-corrected chi connectivity index (χ1v) is 23.4. The molecule has 0 aliphatic carbocycles. The number of rotatable bonds is 6. The lowest BCUT2D eigenvalue weighted by atomic mass is 9.78. The summed E-state index contributed by atoms with van der Waals surface area (Å²) in [6.07, 6.45) is 5.57. The maximum absolute atomic E-state index is 14.9. The molecule has 0 saturated carbocycles. The van der Waals surface area contributed by atoms with Crippen molar-refractivity contribution in [3.05, 3.63) is 79.5 Å². The van der Waals surface area contributed by atoms with Gasteiger partial charge in [0.15, 0.2) is 28.2 Å². The number of amides is 1. The molecule has 4 bridgehead atoms. The molecule has 7 rings (SSSR count). The van der Waals surface area contributed by atoms with Gasteiger partial charge >= 0.3 is 5.79 Å². The Bertz CT molecular complexity index is 2950. The van der Waals surface area contributed by atoms with Crippen LogP contribution in [0.1, 0.15) is 73.8 Å². The number of ketones is 1. The minimum atomic E-state index is -1.97. The zero-order valence-electron chi connectivity index (χ0n) is 41.5. The second-order valence-electron chi connectivity index (χ2n) is 19.8. The lowest BCUT2D eigenvalue weighted by Crippen LogP contribution is -2.50. The fraction of sp³-hybridized carbons (Fsp3) is 0.519. The predicted molar refractivity (Wildman–Crippen MR) is 263 cm³/mol. The second-order valence-corrected chi connectivity index (χ2v) is 19.8. The van der Waals surface area contributed by atoms with Crippen LogP contribution in [-0.2, 0) is 23.8 Å². The van der Waals surface area contributed by atoms with Crippen LogP contribution in [0.25, 0.3) is 38.7 Å². The summed E-state index contributed by atoms with van der Waals surface area (Å²) in [4.78, 5) is 64.4. The summed E-state index contributed by atoms with van der Waals surface area (Å²) >= 11 is 0. The molecule has 3 aliphatic heterocycles. The molecule has 3 aromatic carbocycles. The molecule has 1 aromatic heterocycles. The maximum atomic E-state index is 14.9. The number of methoxy groups -OCH3 is 1. The van der Waals surface area contributed by atoms with Gasteiger partial charge in [0.05, 0.1) is 41.3 Å². The summed E-state index contributed by atoms with van der Waals surface area (Å²) in [5.74, 6) is -6.36. The lowest BCUT2D eigenvalue weighted by molar-refractivity contribution is -0.135. The number of ether oxygens (including phenoxy) is 4. The van der Waals surface area contributed by atoms with Crippen LogP contribution in [-0.4, -0.2) is 119 Å². The quantitative estimate of drug-likeness (QED) is 0.118. The Morgan fingerprint density at radius 2 is 1.64 bits per heavy atom. The van der Waals surface area contributed by atoms with E-state index < -0.39 is 82.1 Å². The van der Waals surface area contributed by atoms with Crippen LogP contribution in [0.5, 0.6) is 11.5 Å². The number of hydrogen-bond donors (Lipinski definition) is 5. The molecule has 0 spiro atoms. The Labute approximate surface area is 400 Å². The zero-order chi connectivity index (χ0) is 50.6. The number of Topliss-reactive ketones (excluding diaryl/α,β-unsaturated/α-hetero) is 1. The van der Waals surface area contributed by atoms with E-state index >= 15 is 0 Å². The summed E-state index contributed by atoms with van der Waals surface area (Å²) in [6.45, 7) is 16.2. The highest BCUT2D eigenvalue weighted by atomic mass is 16.7. The molecule has 1 amide bonds. The molecule has 9 atom stereocenters. The fourth-order valence-corrected chi connectivity index (χ4v) is 9.86. The minimum Gasteiger partial charge on any atom is -0.507 e. The van der Waals surface area contributed by atoms with Crippen molar-refractivity contribution < 1.29 is 53.4 Å². The number of nitrogens with zero attached hydrogens (tertiary/aromatic N) is 3. The van der Waals surface area contributed by atoms with Crippen LogP contribution >= 0.6 is 0 Å². The average Bonchev–Trinajstić information content (AvgIpc) is 3.57. The van der Waals surface area contributed by atoms with E-state index in [0.717, 1.165) is 12.8 Å². The van der Waals surface area contributed by atoms with E-state index in [1.165, 1.54) is 53.2 Å². The van der Waals surface area contributed by atoms with E-state index in [2.05, 4.69) is 22.0 Å². The fourth-order valence-electron chi connectivity index (χ4n) is 9.86. The van der Waals surface area contributed by atoms with Gasteiger partial charge in [-0.05, 0) is 60.7 Å². The molecular formula is C52H66N4O13. The molecule has 69 heavy (non-hydrogen) atoms. The first kappa shape index (κ1) is 51.0. The number of carbonyl (C=O) groups is 2. The van der Waals surface area contributed by atoms with E-state index in [-0.39, 0.29) is 78.7 Å². The molecule has 4 heterocycles. The molecule has 0 unspecified atom stereocenters. The van der Waals surface area contributed by atoms with Crippen molar-refractivity contribution in [1.82, 2.24) is 9.88 Å². The minimum absolute atomic E-state index is 0.0281. The Hall–Kier alpha value is -5.85. The van der Waals surface area contributed by atoms with Gasteiger partial charge in [0.1, 0.15) is 29.3 Å². The lowest BCUT2D eigenvalue weighted by Gasteiger charge is -2.44. The van der Waals surface area contributed by atoms with Gasteiger partial charge in [0.2, 0.25) is 10.9 Å². The van der Waals surface area contributed by atoms with Crippen molar-refractivity contribution >= 4 is 61.8 Å². The Morgan fingerprint density at radius 3 is 2.28 bits per heavy atom. The highest BCUT2D eigenvalue weighted by Crippen LogP contribution is 2.42. The first-order valence-electron chi connectivity index (χ1n) is 23.4. The van der Waals surface area contributed by atoms with Crippen molar-refractivity contribution in [1.29, 1.82) is 0 Å². The number of fused-ring (bicyclic) bond motifs is 2. The van der Waals surface area contributed by atoms with Crippen molar-refractivity contribution in [3.63, 3.8) is 0 Å². The van der Waals surface area contributed by atoms with E-state index in [1.54, 1.807) is 45.1 Å². The van der Waals surface area contributed by atoms with E-state index in [4.69, 9.17) is 28.3 Å². The normalized spacial score (nSPS) is 29.8. The molecule has 1 saturated heterocycles. The number of piperidine rings is 1. The van der Waals surface area contributed by atoms with Crippen molar-refractivity contribution in [2.24, 2.45) is 23.7 Å². The number of aliphatic hydroxyl groups is 3. The van der Waals surface area contributed by atoms with Gasteiger partial charge in [-0.25, -0.2) is 4.98 Å². The van der Waals surface area contributed by atoms with Gasteiger partial charge in [-0.1, -0.05) is 45.9 Å². The molecule has 17 heteroatoms. The van der Waals surface area contributed by atoms with Crippen molar-refractivity contribution in [2.75, 3.05) is 51.1 Å². The number of aliphatic hydroxyl groups excluding tert-OH is 3. The third-order valence-corrected chi connectivity index (χ3v) is 14.9. The SMILES string of the molecule is CO[C@H]1/C=C/O[C@@]2(C)Oc3c(C)c(O)c4c(=O)c(c5oc6cc(N7CCC(C)(N(C)C)CC7)cc(=O)c6nc5c4c3=C2O)NC(=O)/C(C)=C\C=C\[C@H](C)[C@H](O)[C@@H](C)[C@@H](O)[C@@H](C)[C@H](OCC(C)=O)[C@@H]1C. The molecule has 4 aromatic rings. The standard InChI is InChI=1S/C52H66N4O13/c1-25-14-13-15-26(2)50(64)54-41-45(62)37-36(40-48(41)68-35-23-32(22-33(58)39(35)53-40)56-19-17-51(8,18-20-56)55(10)11)38-47(31(7)44(37)61)69-52(9,49(38)63)67-21-16-34(65-12)28(4)46(66-24-27(3)57)30(6)43(60)29(5)42(25)59/h13-16,21-23,25,28-30,34,42-43,46,59-61,63H,17-20,24H2,1-12H3,(H,54,64)/b14-13+,21-16+,26-15-/t25-,28+,29+,30+,34-,42-,43+,46+,52-/m0/s1. The first-order chi connectivity index (χ1) is 32.4. The number of aromatic hydroxyl groups is 1. The van der Waals surface area contributed by atoms with Gasteiger partial charge in [-0.2, -0.15) is 0 Å². The van der Waals surface area contributed by atoms with Crippen LogP contribution in [0.4, 0.5) is 11.4 Å². The molecule has 17 nitrogen and oxygen atoms in total. The highest BCUT2D eigenvalue weighted by molar-refractivity contribution is 6.16. The Kier molecular flexibility index (Phi) is 14.4.